The summed E-state index contributed by atoms with van der Waals surface area (Å²) in [6, 6.07) is 8.32. The van der Waals surface area contributed by atoms with E-state index in [2.05, 4.69) is 25.1 Å². The third-order valence-corrected chi connectivity index (χ3v) is 3.75. The zero-order chi connectivity index (χ0) is 13.0. The molecule has 98 valence electrons. The second-order valence-electron chi connectivity index (χ2n) is 5.17. The molecule has 1 aromatic carbocycles. The van der Waals surface area contributed by atoms with Crippen molar-refractivity contribution in [1.29, 1.82) is 0 Å². The molecule has 2 rings (SSSR count). The van der Waals surface area contributed by atoms with E-state index in [9.17, 15) is 4.79 Å². The van der Waals surface area contributed by atoms with E-state index in [0.717, 1.165) is 25.9 Å². The fourth-order valence-electron chi connectivity index (χ4n) is 2.62. The number of fused-ring (bicyclic) bond motifs is 1. The zero-order valence-corrected chi connectivity index (χ0v) is 11.3. The Balaban J connectivity index is 2.05. The second-order valence-corrected chi connectivity index (χ2v) is 5.17. The van der Waals surface area contributed by atoms with Gasteiger partial charge in [-0.05, 0) is 24.0 Å². The summed E-state index contributed by atoms with van der Waals surface area (Å²) >= 11 is 0. The van der Waals surface area contributed by atoms with Crippen molar-refractivity contribution in [2.45, 2.75) is 45.6 Å². The molecule has 1 aromatic rings. The summed E-state index contributed by atoms with van der Waals surface area (Å²) in [6.45, 7) is 4.88. The first kappa shape index (κ1) is 13.3. The predicted molar refractivity (Wildman–Crippen MR) is 72.5 cm³/mol. The summed E-state index contributed by atoms with van der Waals surface area (Å²) < 4.78 is 5.78. The Morgan fingerprint density at radius 2 is 2.22 bits per heavy atom. The number of hydrogen-bond acceptors (Lipinski definition) is 2. The third kappa shape index (κ3) is 2.99. The summed E-state index contributed by atoms with van der Waals surface area (Å²) in [7, 11) is 0. The van der Waals surface area contributed by atoms with Crippen LogP contribution in [0.15, 0.2) is 24.3 Å². The molecule has 0 N–H and O–H groups in total. The monoisotopic (exact) mass is 246 g/mol. The molecular weight excluding hydrogens is 224 g/mol. The molecule has 0 aromatic heterocycles. The largest absolute Gasteiger partial charge is 0.373 e. The van der Waals surface area contributed by atoms with Crippen molar-refractivity contribution < 1.29 is 9.53 Å². The highest BCUT2D eigenvalue weighted by atomic mass is 16.5. The van der Waals surface area contributed by atoms with Gasteiger partial charge in [-0.15, -0.1) is 0 Å². The molecule has 2 nitrogen and oxygen atoms in total. The minimum absolute atomic E-state index is 0.0262. The van der Waals surface area contributed by atoms with Gasteiger partial charge in [-0.25, -0.2) is 0 Å². The molecule has 0 aliphatic carbocycles. The Morgan fingerprint density at radius 1 is 1.44 bits per heavy atom. The molecule has 0 saturated heterocycles. The lowest BCUT2D eigenvalue weighted by molar-refractivity contribution is -0.125. The Labute approximate surface area is 109 Å². The molecule has 1 aliphatic heterocycles. The minimum Gasteiger partial charge on any atom is -0.373 e. The van der Waals surface area contributed by atoms with Gasteiger partial charge in [0.2, 0.25) is 0 Å². The SMILES string of the molecule is CCCC(C)C(=O)CC1OCCc2ccccc21. The van der Waals surface area contributed by atoms with Gasteiger partial charge in [0.05, 0.1) is 12.7 Å². The number of ether oxygens (including phenoxy) is 1. The van der Waals surface area contributed by atoms with Crippen molar-refractivity contribution in [2.24, 2.45) is 5.92 Å². The van der Waals surface area contributed by atoms with Gasteiger partial charge in [0.25, 0.3) is 0 Å². The van der Waals surface area contributed by atoms with Crippen molar-refractivity contribution in [2.75, 3.05) is 6.61 Å². The molecule has 2 unspecified atom stereocenters. The fraction of sp³-hybridized carbons (Fsp3) is 0.562. The number of carbonyl (C=O) groups is 1. The van der Waals surface area contributed by atoms with Crippen LogP contribution in [0.3, 0.4) is 0 Å². The van der Waals surface area contributed by atoms with Crippen LogP contribution in [0.1, 0.15) is 50.3 Å². The average molecular weight is 246 g/mol. The van der Waals surface area contributed by atoms with Gasteiger partial charge in [-0.2, -0.15) is 0 Å². The molecular formula is C16H22O2. The van der Waals surface area contributed by atoms with Crippen LogP contribution in [0.25, 0.3) is 0 Å². The van der Waals surface area contributed by atoms with E-state index in [-0.39, 0.29) is 12.0 Å². The van der Waals surface area contributed by atoms with Crippen LogP contribution in [-0.4, -0.2) is 12.4 Å². The standard InChI is InChI=1S/C16H22O2/c1-3-6-12(2)15(17)11-16-14-8-5-4-7-13(14)9-10-18-16/h4-5,7-8,12,16H,3,6,9-11H2,1-2H3. The van der Waals surface area contributed by atoms with E-state index < -0.39 is 0 Å². The fourth-order valence-corrected chi connectivity index (χ4v) is 2.62. The second kappa shape index (κ2) is 6.14. The van der Waals surface area contributed by atoms with Crippen molar-refractivity contribution in [3.8, 4) is 0 Å². The number of carbonyl (C=O) groups excluding carboxylic acids is 1. The summed E-state index contributed by atoms with van der Waals surface area (Å²) in [5.41, 5.74) is 2.55. The van der Waals surface area contributed by atoms with E-state index >= 15 is 0 Å². The van der Waals surface area contributed by atoms with Gasteiger partial charge in [0, 0.05) is 12.3 Å². The topological polar surface area (TPSA) is 26.3 Å². The maximum atomic E-state index is 12.1. The number of rotatable bonds is 5. The molecule has 0 fully saturated rings. The number of benzene rings is 1. The highest BCUT2D eigenvalue weighted by molar-refractivity contribution is 5.81. The van der Waals surface area contributed by atoms with Crippen LogP contribution in [0, 0.1) is 5.92 Å². The molecule has 2 atom stereocenters. The van der Waals surface area contributed by atoms with E-state index in [0.29, 0.717) is 12.2 Å². The van der Waals surface area contributed by atoms with Crippen LogP contribution in [0.4, 0.5) is 0 Å². The lowest BCUT2D eigenvalue weighted by atomic mass is 9.90. The first-order valence-corrected chi connectivity index (χ1v) is 6.94. The Hall–Kier alpha value is -1.15. The predicted octanol–water partition coefficient (Wildman–Crippen LogP) is 3.70. The highest BCUT2D eigenvalue weighted by Crippen LogP contribution is 2.30. The normalized spacial score (nSPS) is 20.2. The Morgan fingerprint density at radius 3 is 3.00 bits per heavy atom. The molecule has 18 heavy (non-hydrogen) atoms. The summed E-state index contributed by atoms with van der Waals surface area (Å²) in [5, 5.41) is 0. The molecule has 0 saturated carbocycles. The van der Waals surface area contributed by atoms with Crippen LogP contribution in [0.5, 0.6) is 0 Å². The summed E-state index contributed by atoms with van der Waals surface area (Å²) in [6.07, 6.45) is 3.51. The maximum Gasteiger partial charge on any atom is 0.138 e. The van der Waals surface area contributed by atoms with Gasteiger partial charge < -0.3 is 4.74 Å². The zero-order valence-electron chi connectivity index (χ0n) is 11.3. The smallest absolute Gasteiger partial charge is 0.138 e. The average Bonchev–Trinajstić information content (AvgIpc) is 2.39. The van der Waals surface area contributed by atoms with Gasteiger partial charge in [0.1, 0.15) is 5.78 Å². The number of ketones is 1. The van der Waals surface area contributed by atoms with E-state index in [1.165, 1.54) is 11.1 Å². The van der Waals surface area contributed by atoms with Gasteiger partial charge in [-0.3, -0.25) is 4.79 Å². The molecule has 2 heteroatoms. The quantitative estimate of drug-likeness (QED) is 0.792. The third-order valence-electron chi connectivity index (χ3n) is 3.75. The minimum atomic E-state index is -0.0262. The van der Waals surface area contributed by atoms with Crippen molar-refractivity contribution in [1.82, 2.24) is 0 Å². The Bertz CT molecular complexity index is 411. The molecule has 1 aliphatic rings. The molecule has 0 radical (unpaired) electrons. The van der Waals surface area contributed by atoms with Gasteiger partial charge in [-0.1, -0.05) is 44.5 Å². The van der Waals surface area contributed by atoms with E-state index in [1.807, 2.05) is 13.0 Å². The first-order valence-electron chi connectivity index (χ1n) is 6.94. The number of hydrogen-bond donors (Lipinski definition) is 0. The lowest BCUT2D eigenvalue weighted by Gasteiger charge is -2.26. The van der Waals surface area contributed by atoms with E-state index in [1.54, 1.807) is 0 Å². The lowest BCUT2D eigenvalue weighted by Crippen LogP contribution is -2.21. The van der Waals surface area contributed by atoms with Crippen LogP contribution in [0.2, 0.25) is 0 Å². The molecule has 1 heterocycles. The van der Waals surface area contributed by atoms with Crippen LogP contribution < -0.4 is 0 Å². The van der Waals surface area contributed by atoms with Crippen LogP contribution >= 0.6 is 0 Å². The number of Topliss-reactive ketones (excluding diaryl/α,β-unsaturated/α-hetero) is 1. The first-order chi connectivity index (χ1) is 8.72. The molecule has 0 bridgehead atoms. The molecule has 0 amide bonds. The summed E-state index contributed by atoms with van der Waals surface area (Å²) in [4.78, 5) is 12.1. The van der Waals surface area contributed by atoms with E-state index in [4.69, 9.17) is 4.74 Å². The van der Waals surface area contributed by atoms with Crippen LogP contribution in [-0.2, 0) is 16.0 Å². The summed E-state index contributed by atoms with van der Waals surface area (Å²) in [5.74, 6) is 0.492. The maximum absolute atomic E-state index is 12.1. The Kier molecular flexibility index (Phi) is 4.54. The molecule has 0 spiro atoms. The van der Waals surface area contributed by atoms with Crippen molar-refractivity contribution >= 4 is 5.78 Å². The van der Waals surface area contributed by atoms with Gasteiger partial charge >= 0.3 is 0 Å². The van der Waals surface area contributed by atoms with Crippen molar-refractivity contribution in [3.05, 3.63) is 35.4 Å². The highest BCUT2D eigenvalue weighted by Gasteiger charge is 2.24. The van der Waals surface area contributed by atoms with Crippen molar-refractivity contribution in [3.63, 3.8) is 0 Å². The van der Waals surface area contributed by atoms with Gasteiger partial charge in [0.15, 0.2) is 0 Å².